The second-order valence-corrected chi connectivity index (χ2v) is 4.68. The standard InChI is InChI=1S/C16H19NO2/c1-19-14-10-9-13-7-4-6-12(15(13)11-14)5-2-3-8-16(17)18/h4,6-7,9-11H,2-3,5,8H2,1H3,(H2,17,18). The van der Waals surface area contributed by atoms with E-state index in [0.29, 0.717) is 6.42 Å². The Balaban J connectivity index is 2.15. The van der Waals surface area contributed by atoms with Crippen molar-refractivity contribution in [3.05, 3.63) is 42.0 Å². The number of hydrogen-bond donors (Lipinski definition) is 1. The summed E-state index contributed by atoms with van der Waals surface area (Å²) < 4.78 is 5.27. The van der Waals surface area contributed by atoms with Crippen molar-refractivity contribution >= 4 is 16.7 Å². The number of rotatable bonds is 6. The summed E-state index contributed by atoms with van der Waals surface area (Å²) in [6.45, 7) is 0. The van der Waals surface area contributed by atoms with Crippen molar-refractivity contribution in [3.8, 4) is 5.75 Å². The lowest BCUT2D eigenvalue weighted by molar-refractivity contribution is -0.118. The molecule has 100 valence electrons. The maximum absolute atomic E-state index is 10.7. The summed E-state index contributed by atoms with van der Waals surface area (Å²) >= 11 is 0. The van der Waals surface area contributed by atoms with Gasteiger partial charge in [-0.15, -0.1) is 0 Å². The Morgan fingerprint density at radius 2 is 2.05 bits per heavy atom. The van der Waals surface area contributed by atoms with Crippen LogP contribution in [0.5, 0.6) is 5.75 Å². The summed E-state index contributed by atoms with van der Waals surface area (Å²) in [5.74, 6) is 0.650. The van der Waals surface area contributed by atoms with Crippen LogP contribution in [0.1, 0.15) is 24.8 Å². The second-order valence-electron chi connectivity index (χ2n) is 4.68. The molecule has 0 saturated heterocycles. The maximum atomic E-state index is 10.7. The van der Waals surface area contributed by atoms with E-state index in [1.54, 1.807) is 7.11 Å². The molecule has 2 aromatic carbocycles. The summed E-state index contributed by atoms with van der Waals surface area (Å²) in [7, 11) is 1.68. The van der Waals surface area contributed by atoms with E-state index in [4.69, 9.17) is 10.5 Å². The average molecular weight is 257 g/mol. The third-order valence-corrected chi connectivity index (χ3v) is 3.30. The largest absolute Gasteiger partial charge is 0.497 e. The van der Waals surface area contributed by atoms with Gasteiger partial charge >= 0.3 is 0 Å². The summed E-state index contributed by atoms with van der Waals surface area (Å²) in [6, 6.07) is 12.4. The highest BCUT2D eigenvalue weighted by molar-refractivity contribution is 5.87. The molecule has 2 rings (SSSR count). The number of hydrogen-bond acceptors (Lipinski definition) is 2. The van der Waals surface area contributed by atoms with Gasteiger partial charge in [-0.05, 0) is 47.7 Å². The Hall–Kier alpha value is -2.03. The molecule has 0 atom stereocenters. The van der Waals surface area contributed by atoms with Crippen LogP contribution in [0.25, 0.3) is 10.8 Å². The molecule has 0 fully saturated rings. The molecule has 0 aliphatic heterocycles. The van der Waals surface area contributed by atoms with Crippen molar-refractivity contribution in [1.29, 1.82) is 0 Å². The Kier molecular flexibility index (Phi) is 4.39. The monoisotopic (exact) mass is 257 g/mol. The van der Waals surface area contributed by atoms with Gasteiger partial charge in [0.05, 0.1) is 7.11 Å². The molecular weight excluding hydrogens is 238 g/mol. The van der Waals surface area contributed by atoms with Gasteiger partial charge in [-0.3, -0.25) is 4.79 Å². The summed E-state index contributed by atoms with van der Waals surface area (Å²) in [5.41, 5.74) is 6.44. The first-order chi connectivity index (χ1) is 9.20. The van der Waals surface area contributed by atoms with Crippen LogP contribution < -0.4 is 10.5 Å². The quantitative estimate of drug-likeness (QED) is 0.809. The predicted molar refractivity (Wildman–Crippen MR) is 77.2 cm³/mol. The number of aryl methyl sites for hydroxylation is 1. The fourth-order valence-electron chi connectivity index (χ4n) is 2.28. The molecule has 0 aliphatic carbocycles. The number of nitrogens with two attached hydrogens (primary N) is 1. The number of unbranched alkanes of at least 4 members (excludes halogenated alkanes) is 1. The van der Waals surface area contributed by atoms with Gasteiger partial charge in [-0.1, -0.05) is 24.3 Å². The number of carbonyl (C=O) groups is 1. The van der Waals surface area contributed by atoms with Crippen molar-refractivity contribution in [3.63, 3.8) is 0 Å². The minimum Gasteiger partial charge on any atom is -0.497 e. The van der Waals surface area contributed by atoms with Crippen LogP contribution in [-0.4, -0.2) is 13.0 Å². The van der Waals surface area contributed by atoms with Gasteiger partial charge in [0.25, 0.3) is 0 Å². The average Bonchev–Trinajstić information content (AvgIpc) is 2.43. The fourth-order valence-corrected chi connectivity index (χ4v) is 2.28. The van der Waals surface area contributed by atoms with Crippen LogP contribution in [0, 0.1) is 0 Å². The van der Waals surface area contributed by atoms with Gasteiger partial charge in [0, 0.05) is 6.42 Å². The molecule has 0 spiro atoms. The van der Waals surface area contributed by atoms with E-state index < -0.39 is 0 Å². The zero-order valence-electron chi connectivity index (χ0n) is 11.2. The van der Waals surface area contributed by atoms with Crippen LogP contribution in [0.2, 0.25) is 0 Å². The first kappa shape index (κ1) is 13.4. The molecule has 0 unspecified atom stereocenters. The zero-order chi connectivity index (χ0) is 13.7. The molecule has 2 N–H and O–H groups in total. The van der Waals surface area contributed by atoms with Crippen LogP contribution in [-0.2, 0) is 11.2 Å². The summed E-state index contributed by atoms with van der Waals surface area (Å²) in [4.78, 5) is 10.7. The number of benzene rings is 2. The normalized spacial score (nSPS) is 10.6. The number of carbonyl (C=O) groups excluding carboxylic acids is 1. The van der Waals surface area contributed by atoms with E-state index in [1.807, 2.05) is 6.07 Å². The highest BCUT2D eigenvalue weighted by Crippen LogP contribution is 2.25. The first-order valence-corrected chi connectivity index (χ1v) is 6.54. The molecular formula is C16H19NO2. The van der Waals surface area contributed by atoms with Gasteiger partial charge in [-0.2, -0.15) is 0 Å². The molecule has 3 nitrogen and oxygen atoms in total. The smallest absolute Gasteiger partial charge is 0.217 e. The third kappa shape index (κ3) is 3.47. The molecule has 0 aromatic heterocycles. The van der Waals surface area contributed by atoms with Crippen molar-refractivity contribution in [2.75, 3.05) is 7.11 Å². The van der Waals surface area contributed by atoms with Crippen LogP contribution in [0.4, 0.5) is 0 Å². The topological polar surface area (TPSA) is 52.3 Å². The molecule has 3 heteroatoms. The van der Waals surface area contributed by atoms with Gasteiger partial charge in [0.1, 0.15) is 5.75 Å². The lowest BCUT2D eigenvalue weighted by Gasteiger charge is -2.08. The van der Waals surface area contributed by atoms with Crippen molar-refractivity contribution in [1.82, 2.24) is 0 Å². The second kappa shape index (κ2) is 6.23. The van der Waals surface area contributed by atoms with Gasteiger partial charge < -0.3 is 10.5 Å². The molecule has 0 saturated carbocycles. The summed E-state index contributed by atoms with van der Waals surface area (Å²) in [5, 5.41) is 2.44. The molecule has 1 amide bonds. The van der Waals surface area contributed by atoms with E-state index in [2.05, 4.69) is 30.3 Å². The number of fused-ring (bicyclic) bond motifs is 1. The van der Waals surface area contributed by atoms with Crippen molar-refractivity contribution in [2.24, 2.45) is 5.73 Å². The summed E-state index contributed by atoms with van der Waals surface area (Å²) in [6.07, 6.45) is 3.24. The Labute approximate surface area is 113 Å². The Bertz CT molecular complexity index is 578. The third-order valence-electron chi connectivity index (χ3n) is 3.30. The van der Waals surface area contributed by atoms with E-state index in [1.165, 1.54) is 16.3 Å². The lowest BCUT2D eigenvalue weighted by atomic mass is 9.99. The number of amides is 1. The van der Waals surface area contributed by atoms with Crippen molar-refractivity contribution < 1.29 is 9.53 Å². The Morgan fingerprint density at radius 1 is 1.21 bits per heavy atom. The Morgan fingerprint density at radius 3 is 2.79 bits per heavy atom. The first-order valence-electron chi connectivity index (χ1n) is 6.54. The van der Waals surface area contributed by atoms with E-state index in [9.17, 15) is 4.79 Å². The number of ether oxygens (including phenoxy) is 1. The molecule has 19 heavy (non-hydrogen) atoms. The van der Waals surface area contributed by atoms with Crippen LogP contribution in [0.3, 0.4) is 0 Å². The van der Waals surface area contributed by atoms with E-state index in [0.717, 1.165) is 25.0 Å². The molecule has 0 aliphatic rings. The minimum atomic E-state index is -0.223. The maximum Gasteiger partial charge on any atom is 0.217 e. The van der Waals surface area contributed by atoms with E-state index in [-0.39, 0.29) is 5.91 Å². The molecule has 0 bridgehead atoms. The highest BCUT2D eigenvalue weighted by Gasteiger charge is 2.03. The highest BCUT2D eigenvalue weighted by atomic mass is 16.5. The van der Waals surface area contributed by atoms with Gasteiger partial charge in [0.2, 0.25) is 5.91 Å². The van der Waals surface area contributed by atoms with Crippen molar-refractivity contribution in [2.45, 2.75) is 25.7 Å². The van der Waals surface area contributed by atoms with Crippen LogP contribution in [0.15, 0.2) is 36.4 Å². The van der Waals surface area contributed by atoms with E-state index >= 15 is 0 Å². The van der Waals surface area contributed by atoms with Gasteiger partial charge in [-0.25, -0.2) is 0 Å². The molecule has 2 aromatic rings. The van der Waals surface area contributed by atoms with Crippen LogP contribution >= 0.6 is 0 Å². The molecule has 0 radical (unpaired) electrons. The lowest BCUT2D eigenvalue weighted by Crippen LogP contribution is -2.09. The zero-order valence-corrected chi connectivity index (χ0v) is 11.2. The SMILES string of the molecule is COc1ccc2cccc(CCCCC(N)=O)c2c1. The molecule has 0 heterocycles. The fraction of sp³-hybridized carbons (Fsp3) is 0.312. The number of methoxy groups -OCH3 is 1. The van der Waals surface area contributed by atoms with Gasteiger partial charge in [0.15, 0.2) is 0 Å². The minimum absolute atomic E-state index is 0.223. The number of primary amides is 1. The predicted octanol–water partition coefficient (Wildman–Crippen LogP) is 3.05.